The van der Waals surface area contributed by atoms with Gasteiger partial charge >= 0.3 is 0 Å². The molecular weight excluding hydrogens is 342 g/mol. The van der Waals surface area contributed by atoms with Crippen LogP contribution < -0.4 is 0 Å². The molecule has 2 aliphatic heterocycles. The van der Waals surface area contributed by atoms with Crippen LogP contribution in [0.1, 0.15) is 6.92 Å². The first-order valence-corrected chi connectivity index (χ1v) is 10.3. The summed E-state index contributed by atoms with van der Waals surface area (Å²) in [4.78, 5) is 18.1. The minimum atomic E-state index is -3.11. The number of aromatic nitrogens is 3. The van der Waals surface area contributed by atoms with Crippen LogP contribution in [0.4, 0.5) is 0 Å². The van der Waals surface area contributed by atoms with E-state index >= 15 is 0 Å². The molecule has 0 spiro atoms. The normalized spacial score (nSPS) is 26.0. The SMILES string of the molecule is CCN1CCN(C(=O)Cn2nc3ccccc3n2)[C@H]2CS(=O)(=O)C[C@H]21. The van der Waals surface area contributed by atoms with Crippen molar-refractivity contribution in [3.63, 3.8) is 0 Å². The Bertz CT molecular complexity index is 876. The first-order valence-electron chi connectivity index (χ1n) is 8.50. The molecular formula is C16H21N5O3S. The number of benzene rings is 1. The van der Waals surface area contributed by atoms with Gasteiger partial charge in [-0.3, -0.25) is 9.69 Å². The average molecular weight is 363 g/mol. The summed E-state index contributed by atoms with van der Waals surface area (Å²) in [6, 6.07) is 7.09. The number of hydrogen-bond acceptors (Lipinski definition) is 6. The molecule has 134 valence electrons. The fraction of sp³-hybridized carbons (Fsp3) is 0.562. The monoisotopic (exact) mass is 363 g/mol. The van der Waals surface area contributed by atoms with Crippen molar-refractivity contribution in [2.75, 3.05) is 31.1 Å². The standard InChI is InChI=1S/C16H21N5O3S/c1-2-19-7-8-20(15-11-25(23,24)10-14(15)19)16(22)9-21-17-12-5-3-4-6-13(12)18-21/h3-6,14-15H,2,7-11H2,1H3/t14-,15+/m1/s1. The van der Waals surface area contributed by atoms with Gasteiger partial charge in [-0.1, -0.05) is 19.1 Å². The van der Waals surface area contributed by atoms with E-state index in [4.69, 9.17) is 0 Å². The number of amides is 1. The molecule has 2 atom stereocenters. The van der Waals surface area contributed by atoms with Gasteiger partial charge < -0.3 is 4.90 Å². The topological polar surface area (TPSA) is 88.4 Å². The number of sulfone groups is 1. The van der Waals surface area contributed by atoms with Crippen LogP contribution in [0.5, 0.6) is 0 Å². The van der Waals surface area contributed by atoms with Gasteiger partial charge in [0.05, 0.1) is 17.5 Å². The Kier molecular flexibility index (Phi) is 3.99. The molecule has 0 radical (unpaired) electrons. The smallest absolute Gasteiger partial charge is 0.246 e. The second-order valence-corrected chi connectivity index (χ2v) is 8.80. The van der Waals surface area contributed by atoms with Crippen LogP contribution in [0.2, 0.25) is 0 Å². The third-order valence-electron chi connectivity index (χ3n) is 5.12. The summed E-state index contributed by atoms with van der Waals surface area (Å²) in [5.74, 6) is 0.0660. The number of nitrogens with zero attached hydrogens (tertiary/aromatic N) is 5. The zero-order chi connectivity index (χ0) is 17.6. The van der Waals surface area contributed by atoms with E-state index in [2.05, 4.69) is 15.1 Å². The quantitative estimate of drug-likeness (QED) is 0.748. The van der Waals surface area contributed by atoms with Crippen molar-refractivity contribution in [1.29, 1.82) is 0 Å². The summed E-state index contributed by atoms with van der Waals surface area (Å²) in [7, 11) is -3.11. The number of piperazine rings is 1. The van der Waals surface area contributed by atoms with E-state index in [0.29, 0.717) is 13.1 Å². The molecule has 0 unspecified atom stereocenters. The maximum absolute atomic E-state index is 12.8. The lowest BCUT2D eigenvalue weighted by molar-refractivity contribution is -0.138. The first kappa shape index (κ1) is 16.5. The fourth-order valence-electron chi connectivity index (χ4n) is 3.91. The highest BCUT2D eigenvalue weighted by Gasteiger charge is 2.47. The molecule has 9 heteroatoms. The summed E-state index contributed by atoms with van der Waals surface area (Å²) in [5, 5.41) is 8.64. The Morgan fingerprint density at radius 3 is 2.40 bits per heavy atom. The van der Waals surface area contributed by atoms with Crippen LogP contribution in [0.3, 0.4) is 0 Å². The highest BCUT2D eigenvalue weighted by Crippen LogP contribution is 2.27. The van der Waals surface area contributed by atoms with Crippen LogP contribution >= 0.6 is 0 Å². The van der Waals surface area contributed by atoms with Crippen molar-refractivity contribution in [3.8, 4) is 0 Å². The Labute approximate surface area is 146 Å². The van der Waals surface area contributed by atoms with Crippen LogP contribution in [0, 0.1) is 0 Å². The van der Waals surface area contributed by atoms with Crippen LogP contribution in [-0.2, 0) is 21.2 Å². The van der Waals surface area contributed by atoms with Gasteiger partial charge in [-0.05, 0) is 18.7 Å². The van der Waals surface area contributed by atoms with Crippen LogP contribution in [-0.4, -0.2) is 82.3 Å². The third-order valence-corrected chi connectivity index (χ3v) is 6.82. The number of hydrogen-bond donors (Lipinski definition) is 0. The highest BCUT2D eigenvalue weighted by atomic mass is 32.2. The Balaban J connectivity index is 1.55. The Morgan fingerprint density at radius 2 is 1.76 bits per heavy atom. The molecule has 1 aromatic carbocycles. The van der Waals surface area contributed by atoms with E-state index in [1.807, 2.05) is 31.2 Å². The van der Waals surface area contributed by atoms with Gasteiger partial charge in [0.1, 0.15) is 17.6 Å². The Morgan fingerprint density at radius 1 is 1.12 bits per heavy atom. The molecule has 1 amide bonds. The van der Waals surface area contributed by atoms with E-state index in [1.54, 1.807) is 4.90 Å². The molecule has 2 fully saturated rings. The minimum Gasteiger partial charge on any atom is -0.334 e. The molecule has 2 aromatic rings. The van der Waals surface area contributed by atoms with E-state index in [-0.39, 0.29) is 36.0 Å². The number of likely N-dealkylation sites (N-methyl/N-ethyl adjacent to an activating group) is 1. The molecule has 1 aromatic heterocycles. The van der Waals surface area contributed by atoms with Gasteiger partial charge in [-0.25, -0.2) is 8.42 Å². The summed E-state index contributed by atoms with van der Waals surface area (Å²) < 4.78 is 24.2. The van der Waals surface area contributed by atoms with Crippen molar-refractivity contribution in [2.45, 2.75) is 25.6 Å². The first-order chi connectivity index (χ1) is 12.0. The molecule has 3 heterocycles. The lowest BCUT2D eigenvalue weighted by Gasteiger charge is -2.43. The highest BCUT2D eigenvalue weighted by molar-refractivity contribution is 7.91. The van der Waals surface area contributed by atoms with Crippen molar-refractivity contribution >= 4 is 26.8 Å². The summed E-state index contributed by atoms with van der Waals surface area (Å²) in [6.45, 7) is 4.10. The van der Waals surface area contributed by atoms with Crippen molar-refractivity contribution in [1.82, 2.24) is 24.8 Å². The van der Waals surface area contributed by atoms with Crippen LogP contribution in [0.15, 0.2) is 24.3 Å². The van der Waals surface area contributed by atoms with Gasteiger partial charge in [0.2, 0.25) is 5.91 Å². The van der Waals surface area contributed by atoms with E-state index in [0.717, 1.165) is 17.6 Å². The number of rotatable bonds is 3. The van der Waals surface area contributed by atoms with Crippen molar-refractivity contribution in [3.05, 3.63) is 24.3 Å². The number of carbonyl (C=O) groups is 1. The molecule has 25 heavy (non-hydrogen) atoms. The summed E-state index contributed by atoms with van der Waals surface area (Å²) in [5.41, 5.74) is 1.49. The second kappa shape index (κ2) is 6.06. The molecule has 2 aliphatic rings. The zero-order valence-electron chi connectivity index (χ0n) is 14.1. The lowest BCUT2D eigenvalue weighted by atomic mass is 10.0. The summed E-state index contributed by atoms with van der Waals surface area (Å²) >= 11 is 0. The van der Waals surface area contributed by atoms with E-state index < -0.39 is 9.84 Å². The maximum Gasteiger partial charge on any atom is 0.246 e. The molecule has 0 saturated carbocycles. The van der Waals surface area contributed by atoms with Gasteiger partial charge in [-0.2, -0.15) is 15.0 Å². The van der Waals surface area contributed by atoms with Crippen molar-refractivity contribution in [2.24, 2.45) is 0 Å². The molecule has 0 N–H and O–H groups in total. The predicted octanol–water partition coefficient (Wildman–Crippen LogP) is -0.239. The maximum atomic E-state index is 12.8. The molecule has 8 nitrogen and oxygen atoms in total. The largest absolute Gasteiger partial charge is 0.334 e. The van der Waals surface area contributed by atoms with E-state index in [1.165, 1.54) is 4.80 Å². The van der Waals surface area contributed by atoms with Gasteiger partial charge in [-0.15, -0.1) is 0 Å². The Hall–Kier alpha value is -2.00. The van der Waals surface area contributed by atoms with Crippen LogP contribution in [0.25, 0.3) is 11.0 Å². The molecule has 0 aliphatic carbocycles. The molecule has 4 rings (SSSR count). The van der Waals surface area contributed by atoms with Gasteiger partial charge in [0.25, 0.3) is 0 Å². The summed E-state index contributed by atoms with van der Waals surface area (Å²) in [6.07, 6.45) is 0. The predicted molar refractivity (Wildman–Crippen MR) is 92.7 cm³/mol. The lowest BCUT2D eigenvalue weighted by Crippen LogP contribution is -2.60. The zero-order valence-corrected chi connectivity index (χ0v) is 14.9. The number of carbonyl (C=O) groups excluding carboxylic acids is 1. The van der Waals surface area contributed by atoms with Crippen molar-refractivity contribution < 1.29 is 13.2 Å². The minimum absolute atomic E-state index is 0.0318. The fourth-order valence-corrected chi connectivity index (χ4v) is 5.93. The number of fused-ring (bicyclic) bond motifs is 2. The molecule has 2 saturated heterocycles. The molecule has 0 bridgehead atoms. The average Bonchev–Trinajstić information content (AvgIpc) is 3.12. The second-order valence-electron chi connectivity index (χ2n) is 6.65. The van der Waals surface area contributed by atoms with E-state index in [9.17, 15) is 13.2 Å². The third kappa shape index (κ3) is 3.02. The van der Waals surface area contributed by atoms with Gasteiger partial charge in [0.15, 0.2) is 9.84 Å². The van der Waals surface area contributed by atoms with Gasteiger partial charge in [0, 0.05) is 19.1 Å².